The summed E-state index contributed by atoms with van der Waals surface area (Å²) < 4.78 is 1.44. The highest BCUT2D eigenvalue weighted by molar-refractivity contribution is 5.85. The van der Waals surface area contributed by atoms with Crippen LogP contribution in [0, 0.1) is 6.92 Å². The lowest BCUT2D eigenvalue weighted by molar-refractivity contribution is 0.0858. The minimum absolute atomic E-state index is 0.0341. The molecule has 0 radical (unpaired) electrons. The number of rotatable bonds is 3. The number of hydrogen-bond donors (Lipinski definition) is 0. The third-order valence-corrected chi connectivity index (χ3v) is 2.85. The van der Waals surface area contributed by atoms with Crippen molar-refractivity contribution in [1.82, 2.24) is 9.78 Å². The van der Waals surface area contributed by atoms with Crippen molar-refractivity contribution in [3.05, 3.63) is 53.9 Å². The van der Waals surface area contributed by atoms with Gasteiger partial charge in [-0.25, -0.2) is 4.68 Å². The molecule has 3 nitrogen and oxygen atoms in total. The van der Waals surface area contributed by atoms with Crippen LogP contribution in [0.25, 0.3) is 0 Å². The molecule has 17 heavy (non-hydrogen) atoms. The van der Waals surface area contributed by atoms with E-state index in [1.165, 1.54) is 4.68 Å². The van der Waals surface area contributed by atoms with Gasteiger partial charge < -0.3 is 0 Å². The third kappa shape index (κ3) is 2.44. The first kappa shape index (κ1) is 11.6. The predicted octanol–water partition coefficient (Wildman–Crippen LogP) is 3.03. The van der Waals surface area contributed by atoms with E-state index in [1.54, 1.807) is 12.4 Å². The van der Waals surface area contributed by atoms with Gasteiger partial charge in [-0.05, 0) is 24.5 Å². The fourth-order valence-corrected chi connectivity index (χ4v) is 1.93. The van der Waals surface area contributed by atoms with Gasteiger partial charge in [0, 0.05) is 6.20 Å². The molecule has 1 aromatic carbocycles. The number of benzene rings is 1. The molecule has 1 unspecified atom stereocenters. The van der Waals surface area contributed by atoms with E-state index in [2.05, 4.69) is 5.10 Å². The molecule has 0 bridgehead atoms. The molecule has 3 heteroatoms. The minimum atomic E-state index is -0.115. The van der Waals surface area contributed by atoms with Crippen LogP contribution in [0.5, 0.6) is 0 Å². The molecular weight excluding hydrogens is 212 g/mol. The van der Waals surface area contributed by atoms with Gasteiger partial charge in [0.15, 0.2) is 0 Å². The summed E-state index contributed by atoms with van der Waals surface area (Å²) in [7, 11) is 0. The smallest absolute Gasteiger partial charge is 0.254 e. The highest BCUT2D eigenvalue weighted by Gasteiger charge is 2.20. The molecule has 1 atom stereocenters. The Morgan fingerprint density at radius 1 is 1.35 bits per heavy atom. The first-order valence-corrected chi connectivity index (χ1v) is 5.82. The monoisotopic (exact) mass is 228 g/mol. The van der Waals surface area contributed by atoms with E-state index in [0.717, 1.165) is 17.5 Å². The Morgan fingerprint density at radius 3 is 2.59 bits per heavy atom. The van der Waals surface area contributed by atoms with Gasteiger partial charge in [0.2, 0.25) is 0 Å². The normalized spacial score (nSPS) is 12.4. The zero-order valence-electron chi connectivity index (χ0n) is 10.1. The van der Waals surface area contributed by atoms with E-state index in [4.69, 9.17) is 0 Å². The van der Waals surface area contributed by atoms with Gasteiger partial charge in [-0.15, -0.1) is 0 Å². The average Bonchev–Trinajstić information content (AvgIpc) is 2.78. The van der Waals surface area contributed by atoms with Crippen LogP contribution in [0.15, 0.2) is 42.7 Å². The van der Waals surface area contributed by atoms with Crippen molar-refractivity contribution in [3.63, 3.8) is 0 Å². The van der Waals surface area contributed by atoms with Gasteiger partial charge in [-0.2, -0.15) is 5.10 Å². The molecule has 0 saturated heterocycles. The Hall–Kier alpha value is -1.90. The van der Waals surface area contributed by atoms with E-state index < -0.39 is 0 Å². The first-order valence-electron chi connectivity index (χ1n) is 5.82. The minimum Gasteiger partial charge on any atom is -0.272 e. The maximum atomic E-state index is 12.3. The number of carbonyl (C=O) groups is 1. The summed E-state index contributed by atoms with van der Waals surface area (Å²) in [6.45, 7) is 3.95. The van der Waals surface area contributed by atoms with Crippen LogP contribution in [0.2, 0.25) is 0 Å². The molecule has 88 valence electrons. The molecule has 0 saturated carbocycles. The molecule has 0 amide bonds. The maximum Gasteiger partial charge on any atom is 0.254 e. The molecule has 2 rings (SSSR count). The molecule has 0 aliphatic carbocycles. The van der Waals surface area contributed by atoms with Crippen LogP contribution in [0.1, 0.15) is 35.2 Å². The Balaban J connectivity index is 2.28. The summed E-state index contributed by atoms with van der Waals surface area (Å²) in [6.07, 6.45) is 4.26. The first-order chi connectivity index (χ1) is 8.22. The molecule has 0 aliphatic rings. The van der Waals surface area contributed by atoms with Gasteiger partial charge in [0.25, 0.3) is 5.91 Å². The van der Waals surface area contributed by atoms with Gasteiger partial charge in [0.05, 0.1) is 12.1 Å². The largest absolute Gasteiger partial charge is 0.272 e. The summed E-state index contributed by atoms with van der Waals surface area (Å²) >= 11 is 0. The van der Waals surface area contributed by atoms with Crippen LogP contribution in [-0.2, 0) is 0 Å². The fourth-order valence-electron chi connectivity index (χ4n) is 1.93. The lowest BCUT2D eigenvalue weighted by Crippen LogP contribution is -2.20. The van der Waals surface area contributed by atoms with Crippen LogP contribution in [-0.4, -0.2) is 15.7 Å². The predicted molar refractivity (Wildman–Crippen MR) is 67.1 cm³/mol. The van der Waals surface area contributed by atoms with Gasteiger partial charge >= 0.3 is 0 Å². The molecule has 0 fully saturated rings. The topological polar surface area (TPSA) is 34.9 Å². The molecule has 1 aromatic heterocycles. The summed E-state index contributed by atoms with van der Waals surface area (Å²) in [5, 5.41) is 4.08. The number of aromatic nitrogens is 2. The quantitative estimate of drug-likeness (QED) is 0.809. The molecule has 0 spiro atoms. The van der Waals surface area contributed by atoms with Crippen molar-refractivity contribution in [3.8, 4) is 0 Å². The van der Waals surface area contributed by atoms with Crippen molar-refractivity contribution in [2.45, 2.75) is 26.2 Å². The van der Waals surface area contributed by atoms with E-state index in [9.17, 15) is 4.79 Å². The van der Waals surface area contributed by atoms with Gasteiger partial charge in [-0.3, -0.25) is 4.79 Å². The van der Waals surface area contributed by atoms with E-state index in [1.807, 2.05) is 44.2 Å². The van der Waals surface area contributed by atoms with Gasteiger partial charge in [-0.1, -0.05) is 37.3 Å². The van der Waals surface area contributed by atoms with Crippen molar-refractivity contribution >= 4 is 5.91 Å². The number of aryl methyl sites for hydroxylation is 1. The van der Waals surface area contributed by atoms with Crippen molar-refractivity contribution < 1.29 is 4.79 Å². The highest BCUT2D eigenvalue weighted by Crippen LogP contribution is 2.21. The Labute approximate surface area is 101 Å². The summed E-state index contributed by atoms with van der Waals surface area (Å²) in [4.78, 5) is 12.3. The van der Waals surface area contributed by atoms with E-state index >= 15 is 0 Å². The molecule has 1 heterocycles. The van der Waals surface area contributed by atoms with E-state index in [0.29, 0.717) is 0 Å². The van der Waals surface area contributed by atoms with Crippen LogP contribution < -0.4 is 0 Å². The SMILES string of the molecule is CCC(C(=O)n1cc(C)cn1)c1ccccc1. The second-order valence-corrected chi connectivity index (χ2v) is 4.17. The maximum absolute atomic E-state index is 12.3. The van der Waals surface area contributed by atoms with Crippen molar-refractivity contribution in [2.75, 3.05) is 0 Å². The van der Waals surface area contributed by atoms with Crippen molar-refractivity contribution in [1.29, 1.82) is 0 Å². The molecular formula is C14H16N2O. The van der Waals surface area contributed by atoms with Gasteiger partial charge in [0.1, 0.15) is 0 Å². The average molecular weight is 228 g/mol. The zero-order chi connectivity index (χ0) is 12.3. The zero-order valence-corrected chi connectivity index (χ0v) is 10.1. The number of hydrogen-bond acceptors (Lipinski definition) is 2. The Bertz CT molecular complexity index is 502. The lowest BCUT2D eigenvalue weighted by atomic mass is 9.96. The summed E-state index contributed by atoms with van der Waals surface area (Å²) in [6, 6.07) is 9.85. The summed E-state index contributed by atoms with van der Waals surface area (Å²) in [5.74, 6) is -0.0812. The highest BCUT2D eigenvalue weighted by atomic mass is 16.2. The van der Waals surface area contributed by atoms with Crippen LogP contribution >= 0.6 is 0 Å². The third-order valence-electron chi connectivity index (χ3n) is 2.85. The fraction of sp³-hybridized carbons (Fsp3) is 0.286. The van der Waals surface area contributed by atoms with E-state index in [-0.39, 0.29) is 11.8 Å². The summed E-state index contributed by atoms with van der Waals surface area (Å²) in [5.41, 5.74) is 2.05. The Morgan fingerprint density at radius 2 is 2.06 bits per heavy atom. The van der Waals surface area contributed by atoms with Crippen molar-refractivity contribution in [2.24, 2.45) is 0 Å². The Kier molecular flexibility index (Phi) is 3.38. The number of nitrogens with zero attached hydrogens (tertiary/aromatic N) is 2. The van der Waals surface area contributed by atoms with Crippen LogP contribution in [0.4, 0.5) is 0 Å². The molecule has 0 N–H and O–H groups in total. The lowest BCUT2D eigenvalue weighted by Gasteiger charge is -2.13. The standard InChI is InChI=1S/C14H16N2O/c1-3-13(12-7-5-4-6-8-12)14(17)16-10-11(2)9-15-16/h4-10,13H,3H2,1-2H3. The molecule has 0 aliphatic heterocycles. The second-order valence-electron chi connectivity index (χ2n) is 4.17. The van der Waals surface area contributed by atoms with Crippen LogP contribution in [0.3, 0.4) is 0 Å². The number of carbonyl (C=O) groups excluding carboxylic acids is 1. The second kappa shape index (κ2) is 4.95. The molecule has 2 aromatic rings.